The van der Waals surface area contributed by atoms with Crippen LogP contribution in [0.3, 0.4) is 0 Å². The van der Waals surface area contributed by atoms with Crippen LogP contribution in [0, 0.1) is 13.0 Å². The van der Waals surface area contributed by atoms with Crippen molar-refractivity contribution < 1.29 is 12.4 Å². The number of rotatable bonds is 0. The summed E-state index contributed by atoms with van der Waals surface area (Å²) in [5.74, 6) is 0. The van der Waals surface area contributed by atoms with E-state index in [2.05, 4.69) is 37.3 Å². The van der Waals surface area contributed by atoms with Crippen LogP contribution in [0.2, 0.25) is 0 Å². The summed E-state index contributed by atoms with van der Waals surface area (Å²) in [7, 11) is 0. The summed E-state index contributed by atoms with van der Waals surface area (Å²) in [4.78, 5) is 0. The SMILES string of the molecule is Cc1[c-]c2ccccc2cc1.[Cl-].[Mg+2]. The van der Waals surface area contributed by atoms with Crippen molar-refractivity contribution in [3.05, 3.63) is 48.0 Å². The van der Waals surface area contributed by atoms with Gasteiger partial charge in [0, 0.05) is 0 Å². The standard InChI is InChI=1S/C11H9.ClH.Mg/c1-9-6-7-10-4-2-3-5-11(10)8-9;;/h2-7H,1H3;1H;/q-1;;+2/p-1. The van der Waals surface area contributed by atoms with E-state index >= 15 is 0 Å². The maximum atomic E-state index is 3.29. The molecule has 0 aromatic heterocycles. The Balaban J connectivity index is 0.000000720. The molecule has 0 bridgehead atoms. The van der Waals surface area contributed by atoms with Gasteiger partial charge in [0.15, 0.2) is 0 Å². The zero-order chi connectivity index (χ0) is 7.68. The molecule has 0 spiro atoms. The van der Waals surface area contributed by atoms with Crippen LogP contribution in [0.4, 0.5) is 0 Å². The van der Waals surface area contributed by atoms with Gasteiger partial charge >= 0.3 is 23.1 Å². The van der Waals surface area contributed by atoms with Gasteiger partial charge in [0.2, 0.25) is 0 Å². The summed E-state index contributed by atoms with van der Waals surface area (Å²) in [6.07, 6.45) is 0. The predicted octanol–water partition coefficient (Wildman–Crippen LogP) is -0.428. The first-order chi connectivity index (χ1) is 5.36. The summed E-state index contributed by atoms with van der Waals surface area (Å²) >= 11 is 0. The first kappa shape index (κ1) is 12.8. The van der Waals surface area contributed by atoms with Crippen molar-refractivity contribution in [2.24, 2.45) is 0 Å². The van der Waals surface area contributed by atoms with E-state index in [0.29, 0.717) is 0 Å². The fourth-order valence-corrected chi connectivity index (χ4v) is 1.23. The normalized spacial score (nSPS) is 8.69. The van der Waals surface area contributed by atoms with Crippen molar-refractivity contribution in [2.45, 2.75) is 6.92 Å². The van der Waals surface area contributed by atoms with Crippen LogP contribution in [0.5, 0.6) is 0 Å². The molecule has 0 N–H and O–H groups in total. The Morgan fingerprint density at radius 3 is 2.46 bits per heavy atom. The summed E-state index contributed by atoms with van der Waals surface area (Å²) in [6, 6.07) is 15.8. The molecule has 0 saturated heterocycles. The van der Waals surface area contributed by atoms with E-state index in [4.69, 9.17) is 0 Å². The minimum absolute atomic E-state index is 0. The fraction of sp³-hybridized carbons (Fsp3) is 0.0909. The molecule has 2 aromatic rings. The van der Waals surface area contributed by atoms with Crippen LogP contribution in [0.1, 0.15) is 5.56 Å². The molecular weight excluding hydrogens is 192 g/mol. The largest absolute Gasteiger partial charge is 2.00 e. The molecule has 0 fully saturated rings. The average molecular weight is 201 g/mol. The van der Waals surface area contributed by atoms with Gasteiger partial charge in [0.1, 0.15) is 0 Å². The molecule has 0 aliphatic carbocycles. The molecule has 0 nitrogen and oxygen atoms in total. The van der Waals surface area contributed by atoms with E-state index in [9.17, 15) is 0 Å². The Morgan fingerprint density at radius 1 is 1.00 bits per heavy atom. The third kappa shape index (κ3) is 2.87. The van der Waals surface area contributed by atoms with Crippen molar-refractivity contribution in [3.8, 4) is 0 Å². The van der Waals surface area contributed by atoms with Crippen LogP contribution in [-0.2, 0) is 0 Å². The Kier molecular flexibility index (Phi) is 5.38. The van der Waals surface area contributed by atoms with Gasteiger partial charge < -0.3 is 12.4 Å². The summed E-state index contributed by atoms with van der Waals surface area (Å²) in [5, 5.41) is 2.46. The summed E-state index contributed by atoms with van der Waals surface area (Å²) in [6.45, 7) is 2.06. The fourth-order valence-electron chi connectivity index (χ4n) is 1.23. The van der Waals surface area contributed by atoms with Crippen LogP contribution in [0.25, 0.3) is 10.8 Å². The smallest absolute Gasteiger partial charge is 1.00 e. The second-order valence-electron chi connectivity index (χ2n) is 2.73. The average Bonchev–Trinajstić information content (AvgIpc) is 2.04. The maximum absolute atomic E-state index is 3.29. The van der Waals surface area contributed by atoms with Gasteiger partial charge in [0.25, 0.3) is 0 Å². The first-order valence-corrected chi connectivity index (χ1v) is 3.74. The van der Waals surface area contributed by atoms with Gasteiger partial charge in [-0.15, -0.1) is 46.7 Å². The molecule has 0 saturated carbocycles. The molecule has 0 unspecified atom stereocenters. The van der Waals surface area contributed by atoms with Crippen molar-refractivity contribution in [1.82, 2.24) is 0 Å². The second kappa shape index (κ2) is 5.48. The minimum Gasteiger partial charge on any atom is -1.00 e. The molecule has 0 amide bonds. The molecule has 0 aliphatic heterocycles. The van der Waals surface area contributed by atoms with E-state index in [1.165, 1.54) is 16.3 Å². The molecule has 0 radical (unpaired) electrons. The monoisotopic (exact) mass is 200 g/mol. The van der Waals surface area contributed by atoms with Crippen molar-refractivity contribution in [2.75, 3.05) is 0 Å². The zero-order valence-electron chi connectivity index (χ0n) is 7.55. The van der Waals surface area contributed by atoms with Gasteiger partial charge in [0.05, 0.1) is 0 Å². The van der Waals surface area contributed by atoms with Crippen molar-refractivity contribution in [3.63, 3.8) is 0 Å². The first-order valence-electron chi connectivity index (χ1n) is 3.74. The molecule has 13 heavy (non-hydrogen) atoms. The van der Waals surface area contributed by atoms with E-state index in [-0.39, 0.29) is 35.5 Å². The third-order valence-electron chi connectivity index (χ3n) is 1.81. The molecular formula is C11H9ClMg. The Morgan fingerprint density at radius 2 is 1.69 bits per heavy atom. The Hall–Kier alpha value is -0.244. The summed E-state index contributed by atoms with van der Waals surface area (Å²) < 4.78 is 0. The number of hydrogen-bond donors (Lipinski definition) is 0. The number of benzene rings is 2. The van der Waals surface area contributed by atoms with E-state index in [0.717, 1.165) is 0 Å². The maximum Gasteiger partial charge on any atom is 2.00 e. The molecule has 0 atom stereocenters. The molecule has 2 heteroatoms. The van der Waals surface area contributed by atoms with Gasteiger partial charge in [-0.05, 0) is 0 Å². The third-order valence-corrected chi connectivity index (χ3v) is 1.81. The molecule has 2 rings (SSSR count). The van der Waals surface area contributed by atoms with Crippen molar-refractivity contribution in [1.29, 1.82) is 0 Å². The van der Waals surface area contributed by atoms with Gasteiger partial charge in [-0.1, -0.05) is 19.1 Å². The van der Waals surface area contributed by atoms with Crippen molar-refractivity contribution >= 4 is 33.8 Å². The van der Waals surface area contributed by atoms with Gasteiger partial charge in [-0.2, -0.15) is 0 Å². The molecule has 2 aromatic carbocycles. The molecule has 0 aliphatic rings. The Labute approximate surface area is 101 Å². The number of aryl methyl sites for hydroxylation is 1. The zero-order valence-corrected chi connectivity index (χ0v) is 9.72. The van der Waals surface area contributed by atoms with Gasteiger partial charge in [-0.25, -0.2) is 0 Å². The Bertz CT molecular complexity index is 385. The van der Waals surface area contributed by atoms with Crippen LogP contribution in [0.15, 0.2) is 36.4 Å². The van der Waals surface area contributed by atoms with Crippen LogP contribution >= 0.6 is 0 Å². The van der Waals surface area contributed by atoms with E-state index in [1.54, 1.807) is 0 Å². The topological polar surface area (TPSA) is 0 Å². The minimum atomic E-state index is 0. The number of fused-ring (bicyclic) bond motifs is 1. The van der Waals surface area contributed by atoms with E-state index in [1.807, 2.05) is 12.1 Å². The number of hydrogen-bond acceptors (Lipinski definition) is 0. The molecule has 62 valence electrons. The summed E-state index contributed by atoms with van der Waals surface area (Å²) in [5.41, 5.74) is 1.20. The second-order valence-corrected chi connectivity index (χ2v) is 2.73. The van der Waals surface area contributed by atoms with Crippen LogP contribution < -0.4 is 12.4 Å². The van der Waals surface area contributed by atoms with Crippen LogP contribution in [-0.4, -0.2) is 23.1 Å². The van der Waals surface area contributed by atoms with Gasteiger partial charge in [-0.3, -0.25) is 0 Å². The predicted molar refractivity (Wildman–Crippen MR) is 53.3 cm³/mol. The number of halogens is 1. The molecule has 0 heterocycles. The quantitative estimate of drug-likeness (QED) is 0.400. The van der Waals surface area contributed by atoms with E-state index < -0.39 is 0 Å².